The SMILES string of the molecule is O=C(NCC1CCCCC1Br)c1cccc(F)c1. The molecule has 1 amide bonds. The normalized spacial score (nSPS) is 23.7. The molecule has 0 spiro atoms. The van der Waals surface area contributed by atoms with E-state index >= 15 is 0 Å². The fourth-order valence-corrected chi connectivity index (χ4v) is 3.12. The summed E-state index contributed by atoms with van der Waals surface area (Å²) < 4.78 is 13.0. The molecular formula is C14H17BrFNO. The molecule has 4 heteroatoms. The van der Waals surface area contributed by atoms with E-state index in [1.807, 2.05) is 0 Å². The Balaban J connectivity index is 1.88. The molecule has 18 heavy (non-hydrogen) atoms. The van der Waals surface area contributed by atoms with E-state index < -0.39 is 0 Å². The van der Waals surface area contributed by atoms with Gasteiger partial charge >= 0.3 is 0 Å². The molecule has 2 unspecified atom stereocenters. The summed E-state index contributed by atoms with van der Waals surface area (Å²) in [6.45, 7) is 0.658. The standard InChI is InChI=1S/C14H17BrFNO/c15-13-7-2-1-4-11(13)9-17-14(18)10-5-3-6-12(16)8-10/h3,5-6,8,11,13H,1-2,4,7,9H2,(H,17,18). The van der Waals surface area contributed by atoms with Gasteiger partial charge in [0.25, 0.3) is 5.91 Å². The van der Waals surface area contributed by atoms with Crippen LogP contribution in [-0.2, 0) is 0 Å². The van der Waals surface area contributed by atoms with Crippen molar-refractivity contribution in [1.82, 2.24) is 5.32 Å². The van der Waals surface area contributed by atoms with Crippen LogP contribution in [0.1, 0.15) is 36.0 Å². The van der Waals surface area contributed by atoms with Crippen molar-refractivity contribution in [3.05, 3.63) is 35.6 Å². The van der Waals surface area contributed by atoms with Crippen molar-refractivity contribution in [1.29, 1.82) is 0 Å². The van der Waals surface area contributed by atoms with Crippen LogP contribution < -0.4 is 5.32 Å². The molecule has 2 nitrogen and oxygen atoms in total. The van der Waals surface area contributed by atoms with Crippen molar-refractivity contribution in [2.75, 3.05) is 6.54 Å². The van der Waals surface area contributed by atoms with E-state index in [9.17, 15) is 9.18 Å². The van der Waals surface area contributed by atoms with Gasteiger partial charge in [0.1, 0.15) is 5.82 Å². The van der Waals surface area contributed by atoms with Crippen LogP contribution in [0.5, 0.6) is 0 Å². The van der Waals surface area contributed by atoms with Gasteiger partial charge in [-0.1, -0.05) is 34.8 Å². The third-order valence-electron chi connectivity index (χ3n) is 3.43. The van der Waals surface area contributed by atoms with Gasteiger partial charge in [0.2, 0.25) is 0 Å². The van der Waals surface area contributed by atoms with Crippen LogP contribution in [0, 0.1) is 11.7 Å². The van der Waals surface area contributed by atoms with Crippen LogP contribution in [0.2, 0.25) is 0 Å². The number of carbonyl (C=O) groups is 1. The minimum atomic E-state index is -0.376. The largest absolute Gasteiger partial charge is 0.352 e. The lowest BCUT2D eigenvalue weighted by molar-refractivity contribution is 0.0944. The van der Waals surface area contributed by atoms with Gasteiger partial charge < -0.3 is 5.32 Å². The smallest absolute Gasteiger partial charge is 0.251 e. The molecule has 0 aromatic heterocycles. The van der Waals surface area contributed by atoms with Gasteiger partial charge in [-0.2, -0.15) is 0 Å². The highest BCUT2D eigenvalue weighted by Gasteiger charge is 2.23. The fraction of sp³-hybridized carbons (Fsp3) is 0.500. The van der Waals surface area contributed by atoms with Gasteiger partial charge in [-0.15, -0.1) is 0 Å². The predicted octanol–water partition coefficient (Wildman–Crippen LogP) is 3.51. The summed E-state index contributed by atoms with van der Waals surface area (Å²) >= 11 is 3.66. The third-order valence-corrected chi connectivity index (χ3v) is 4.63. The van der Waals surface area contributed by atoms with E-state index in [4.69, 9.17) is 0 Å². The Labute approximate surface area is 115 Å². The highest BCUT2D eigenvalue weighted by atomic mass is 79.9. The molecule has 1 aromatic rings. The number of rotatable bonds is 3. The van der Waals surface area contributed by atoms with Crippen molar-refractivity contribution >= 4 is 21.8 Å². The zero-order valence-electron chi connectivity index (χ0n) is 10.2. The second-order valence-corrected chi connectivity index (χ2v) is 5.96. The monoisotopic (exact) mass is 313 g/mol. The van der Waals surface area contributed by atoms with Gasteiger partial charge in [0.15, 0.2) is 0 Å². The molecule has 0 aliphatic heterocycles. The minimum Gasteiger partial charge on any atom is -0.352 e. The quantitative estimate of drug-likeness (QED) is 0.850. The summed E-state index contributed by atoms with van der Waals surface area (Å²) in [6, 6.07) is 5.79. The van der Waals surface area contributed by atoms with Crippen LogP contribution in [-0.4, -0.2) is 17.3 Å². The second-order valence-electron chi connectivity index (χ2n) is 4.78. The van der Waals surface area contributed by atoms with Gasteiger partial charge in [-0.05, 0) is 37.0 Å². The number of benzene rings is 1. The van der Waals surface area contributed by atoms with Gasteiger partial charge in [0, 0.05) is 16.9 Å². The zero-order chi connectivity index (χ0) is 13.0. The molecule has 98 valence electrons. The maximum Gasteiger partial charge on any atom is 0.251 e. The first-order valence-corrected chi connectivity index (χ1v) is 7.26. The first-order valence-electron chi connectivity index (χ1n) is 6.34. The number of halogens is 2. The molecule has 1 fully saturated rings. The minimum absolute atomic E-state index is 0.195. The summed E-state index contributed by atoms with van der Waals surface area (Å²) in [5.41, 5.74) is 0.386. The fourth-order valence-electron chi connectivity index (χ4n) is 2.35. The summed E-state index contributed by atoms with van der Waals surface area (Å²) in [5, 5.41) is 2.89. The molecule has 0 heterocycles. The maximum atomic E-state index is 13.0. The van der Waals surface area contributed by atoms with Gasteiger partial charge in [-0.25, -0.2) is 4.39 Å². The summed E-state index contributed by atoms with van der Waals surface area (Å²) in [6.07, 6.45) is 4.78. The number of carbonyl (C=O) groups excluding carboxylic acids is 1. The molecule has 2 rings (SSSR count). The topological polar surface area (TPSA) is 29.1 Å². The first kappa shape index (κ1) is 13.5. The Morgan fingerprint density at radius 3 is 2.89 bits per heavy atom. The van der Waals surface area contributed by atoms with Crippen LogP contribution >= 0.6 is 15.9 Å². The van der Waals surface area contributed by atoms with E-state index in [2.05, 4.69) is 21.2 Å². The average molecular weight is 314 g/mol. The molecule has 0 bridgehead atoms. The number of hydrogen-bond donors (Lipinski definition) is 1. The molecular weight excluding hydrogens is 297 g/mol. The van der Waals surface area contributed by atoms with Crippen LogP contribution in [0.15, 0.2) is 24.3 Å². The summed E-state index contributed by atoms with van der Waals surface area (Å²) in [4.78, 5) is 12.3. The van der Waals surface area contributed by atoms with Crippen molar-refractivity contribution in [2.45, 2.75) is 30.5 Å². The van der Waals surface area contributed by atoms with Gasteiger partial charge in [-0.3, -0.25) is 4.79 Å². The number of nitrogens with one attached hydrogen (secondary N) is 1. The number of hydrogen-bond acceptors (Lipinski definition) is 1. The van der Waals surface area contributed by atoms with Gasteiger partial charge in [0.05, 0.1) is 0 Å². The molecule has 0 radical (unpaired) electrons. The number of alkyl halides is 1. The van der Waals surface area contributed by atoms with E-state index in [1.54, 1.807) is 12.1 Å². The number of amides is 1. The van der Waals surface area contributed by atoms with Crippen molar-refractivity contribution < 1.29 is 9.18 Å². The Morgan fingerprint density at radius 1 is 1.39 bits per heavy atom. The van der Waals surface area contributed by atoms with Crippen molar-refractivity contribution in [3.63, 3.8) is 0 Å². The second kappa shape index (κ2) is 6.32. The Morgan fingerprint density at radius 2 is 2.17 bits per heavy atom. The molecule has 1 aliphatic rings. The Bertz CT molecular complexity index is 424. The maximum absolute atomic E-state index is 13.0. The molecule has 2 atom stereocenters. The Kier molecular flexibility index (Phi) is 4.75. The highest BCUT2D eigenvalue weighted by molar-refractivity contribution is 9.09. The van der Waals surface area contributed by atoms with Crippen LogP contribution in [0.4, 0.5) is 4.39 Å². The average Bonchev–Trinajstić information content (AvgIpc) is 2.37. The molecule has 1 N–H and O–H groups in total. The van der Waals surface area contributed by atoms with E-state index in [0.717, 1.165) is 6.42 Å². The van der Waals surface area contributed by atoms with Crippen LogP contribution in [0.3, 0.4) is 0 Å². The molecule has 0 saturated heterocycles. The molecule has 1 aromatic carbocycles. The lowest BCUT2D eigenvalue weighted by atomic mass is 9.89. The van der Waals surface area contributed by atoms with Crippen molar-refractivity contribution in [2.24, 2.45) is 5.92 Å². The lowest BCUT2D eigenvalue weighted by Gasteiger charge is -2.27. The first-order chi connectivity index (χ1) is 8.66. The lowest BCUT2D eigenvalue weighted by Crippen LogP contribution is -2.34. The molecule has 1 saturated carbocycles. The molecule has 1 aliphatic carbocycles. The Hall–Kier alpha value is -0.900. The van der Waals surface area contributed by atoms with Crippen LogP contribution in [0.25, 0.3) is 0 Å². The highest BCUT2D eigenvalue weighted by Crippen LogP contribution is 2.29. The van der Waals surface area contributed by atoms with E-state index in [0.29, 0.717) is 22.9 Å². The van der Waals surface area contributed by atoms with E-state index in [-0.39, 0.29) is 11.7 Å². The summed E-state index contributed by atoms with van der Waals surface area (Å²) in [5.74, 6) is -0.0882. The van der Waals surface area contributed by atoms with E-state index in [1.165, 1.54) is 31.4 Å². The third kappa shape index (κ3) is 3.55. The summed E-state index contributed by atoms with van der Waals surface area (Å²) in [7, 11) is 0. The zero-order valence-corrected chi connectivity index (χ0v) is 11.7. The van der Waals surface area contributed by atoms with Crippen molar-refractivity contribution in [3.8, 4) is 0 Å². The predicted molar refractivity (Wildman–Crippen MR) is 73.4 cm³/mol.